The molecule has 0 atom stereocenters. The zero-order valence-electron chi connectivity index (χ0n) is 12.2. The van der Waals surface area contributed by atoms with Gasteiger partial charge in [0.25, 0.3) is 0 Å². The standard InChI is InChI=1S/C16H21ClN4/c17-16-4-2-1-3-15(16)13-20-10-7-19(8-11-20)9-12-21-6-5-18-14-21/h1-6,14H,7-13H2. The summed E-state index contributed by atoms with van der Waals surface area (Å²) in [5.41, 5.74) is 1.23. The molecule has 2 heterocycles. The number of piperazine rings is 1. The smallest absolute Gasteiger partial charge is 0.0946 e. The molecule has 1 aliphatic heterocycles. The molecule has 0 N–H and O–H groups in total. The first-order valence-electron chi connectivity index (χ1n) is 7.45. The Bertz CT molecular complexity index is 547. The summed E-state index contributed by atoms with van der Waals surface area (Å²) >= 11 is 6.23. The van der Waals surface area contributed by atoms with Crippen LogP contribution < -0.4 is 0 Å². The van der Waals surface area contributed by atoms with Crippen molar-refractivity contribution in [1.29, 1.82) is 0 Å². The van der Waals surface area contributed by atoms with Gasteiger partial charge in [-0.3, -0.25) is 9.80 Å². The van der Waals surface area contributed by atoms with Gasteiger partial charge in [0, 0.05) is 63.2 Å². The number of benzene rings is 1. The molecule has 21 heavy (non-hydrogen) atoms. The Kier molecular flexibility index (Phi) is 4.91. The number of hydrogen-bond donors (Lipinski definition) is 0. The molecule has 1 aromatic carbocycles. The van der Waals surface area contributed by atoms with Gasteiger partial charge >= 0.3 is 0 Å². The fraction of sp³-hybridized carbons (Fsp3) is 0.438. The highest BCUT2D eigenvalue weighted by Crippen LogP contribution is 2.17. The molecule has 5 heteroatoms. The third-order valence-corrected chi connectivity index (χ3v) is 4.42. The van der Waals surface area contributed by atoms with Crippen LogP contribution in [0.15, 0.2) is 43.0 Å². The molecule has 4 nitrogen and oxygen atoms in total. The second-order valence-corrected chi connectivity index (χ2v) is 5.92. The van der Waals surface area contributed by atoms with Gasteiger partial charge in [0.1, 0.15) is 0 Å². The van der Waals surface area contributed by atoms with E-state index in [1.54, 1.807) is 0 Å². The Morgan fingerprint density at radius 1 is 1.00 bits per heavy atom. The molecule has 1 saturated heterocycles. The van der Waals surface area contributed by atoms with Crippen LogP contribution in [0.3, 0.4) is 0 Å². The Balaban J connectivity index is 1.44. The monoisotopic (exact) mass is 304 g/mol. The average Bonchev–Trinajstić information content (AvgIpc) is 3.02. The molecule has 0 saturated carbocycles. The summed E-state index contributed by atoms with van der Waals surface area (Å²) in [6.07, 6.45) is 5.74. The summed E-state index contributed by atoms with van der Waals surface area (Å²) in [5.74, 6) is 0. The molecule has 1 fully saturated rings. The molecule has 1 aliphatic rings. The van der Waals surface area contributed by atoms with E-state index in [0.29, 0.717) is 0 Å². The number of nitrogens with zero attached hydrogens (tertiary/aromatic N) is 4. The van der Waals surface area contributed by atoms with E-state index < -0.39 is 0 Å². The molecule has 0 spiro atoms. The van der Waals surface area contributed by atoms with E-state index in [1.165, 1.54) is 5.56 Å². The van der Waals surface area contributed by atoms with E-state index in [2.05, 4.69) is 31.5 Å². The summed E-state index contributed by atoms with van der Waals surface area (Å²) in [6, 6.07) is 8.13. The Morgan fingerprint density at radius 2 is 1.76 bits per heavy atom. The van der Waals surface area contributed by atoms with Crippen LogP contribution >= 0.6 is 11.6 Å². The fourth-order valence-corrected chi connectivity index (χ4v) is 2.91. The van der Waals surface area contributed by atoms with Gasteiger partial charge in [0.15, 0.2) is 0 Å². The van der Waals surface area contributed by atoms with Gasteiger partial charge in [-0.15, -0.1) is 0 Å². The van der Waals surface area contributed by atoms with Crippen molar-refractivity contribution in [2.24, 2.45) is 0 Å². The number of rotatable bonds is 5. The summed E-state index contributed by atoms with van der Waals surface area (Å²) in [5, 5.41) is 0.875. The maximum absolute atomic E-state index is 6.23. The fourth-order valence-electron chi connectivity index (χ4n) is 2.71. The lowest BCUT2D eigenvalue weighted by atomic mass is 10.2. The third kappa shape index (κ3) is 4.06. The minimum Gasteiger partial charge on any atom is -0.336 e. The second kappa shape index (κ2) is 7.07. The van der Waals surface area contributed by atoms with Crippen molar-refractivity contribution in [1.82, 2.24) is 19.4 Å². The van der Waals surface area contributed by atoms with E-state index in [1.807, 2.05) is 30.9 Å². The zero-order valence-corrected chi connectivity index (χ0v) is 12.9. The van der Waals surface area contributed by atoms with Gasteiger partial charge in [0.05, 0.1) is 6.33 Å². The number of aromatic nitrogens is 2. The van der Waals surface area contributed by atoms with Crippen LogP contribution in [0.5, 0.6) is 0 Å². The summed E-state index contributed by atoms with van der Waals surface area (Å²) < 4.78 is 2.14. The molecule has 1 aromatic heterocycles. The maximum Gasteiger partial charge on any atom is 0.0946 e. The maximum atomic E-state index is 6.23. The molecule has 3 rings (SSSR count). The minimum atomic E-state index is 0.875. The van der Waals surface area contributed by atoms with Crippen molar-refractivity contribution < 1.29 is 0 Å². The molecule has 0 unspecified atom stereocenters. The van der Waals surface area contributed by atoms with Crippen molar-refractivity contribution in [3.63, 3.8) is 0 Å². The van der Waals surface area contributed by atoms with Crippen LogP contribution in [-0.2, 0) is 13.1 Å². The summed E-state index contributed by atoms with van der Waals surface area (Å²) in [7, 11) is 0. The summed E-state index contributed by atoms with van der Waals surface area (Å²) in [4.78, 5) is 9.07. The Labute approximate surface area is 130 Å². The quantitative estimate of drug-likeness (QED) is 0.847. The first-order chi connectivity index (χ1) is 10.3. The van der Waals surface area contributed by atoms with Crippen molar-refractivity contribution in [2.75, 3.05) is 32.7 Å². The number of imidazole rings is 1. The van der Waals surface area contributed by atoms with Gasteiger partial charge < -0.3 is 4.57 Å². The molecular formula is C16H21ClN4. The van der Waals surface area contributed by atoms with Crippen LogP contribution in [-0.4, -0.2) is 52.1 Å². The van der Waals surface area contributed by atoms with Crippen molar-refractivity contribution in [2.45, 2.75) is 13.1 Å². The first-order valence-corrected chi connectivity index (χ1v) is 7.83. The highest BCUT2D eigenvalue weighted by atomic mass is 35.5. The van der Waals surface area contributed by atoms with E-state index in [-0.39, 0.29) is 0 Å². The molecular weight excluding hydrogens is 284 g/mol. The predicted molar refractivity (Wildman–Crippen MR) is 85.4 cm³/mol. The molecule has 0 radical (unpaired) electrons. The highest BCUT2D eigenvalue weighted by Gasteiger charge is 2.17. The third-order valence-electron chi connectivity index (χ3n) is 4.05. The van der Waals surface area contributed by atoms with Crippen LogP contribution in [0.2, 0.25) is 5.02 Å². The SMILES string of the molecule is Clc1ccccc1CN1CCN(CCn2ccnc2)CC1. The second-order valence-electron chi connectivity index (χ2n) is 5.51. The molecule has 2 aromatic rings. The van der Waals surface area contributed by atoms with E-state index in [4.69, 9.17) is 11.6 Å². The van der Waals surface area contributed by atoms with Gasteiger partial charge in [0.2, 0.25) is 0 Å². The van der Waals surface area contributed by atoms with E-state index in [0.717, 1.165) is 50.8 Å². The topological polar surface area (TPSA) is 24.3 Å². The van der Waals surface area contributed by atoms with Gasteiger partial charge in [-0.2, -0.15) is 0 Å². The van der Waals surface area contributed by atoms with Crippen LogP contribution in [0, 0.1) is 0 Å². The molecule has 0 bridgehead atoms. The van der Waals surface area contributed by atoms with E-state index >= 15 is 0 Å². The van der Waals surface area contributed by atoms with Crippen LogP contribution in [0.4, 0.5) is 0 Å². The lowest BCUT2D eigenvalue weighted by Crippen LogP contribution is -2.46. The van der Waals surface area contributed by atoms with Gasteiger partial charge in [-0.25, -0.2) is 4.98 Å². The van der Waals surface area contributed by atoms with Crippen molar-refractivity contribution >= 4 is 11.6 Å². The lowest BCUT2D eigenvalue weighted by Gasteiger charge is -2.34. The first kappa shape index (κ1) is 14.6. The Morgan fingerprint density at radius 3 is 2.48 bits per heavy atom. The largest absolute Gasteiger partial charge is 0.336 e. The van der Waals surface area contributed by atoms with E-state index in [9.17, 15) is 0 Å². The number of hydrogen-bond acceptors (Lipinski definition) is 3. The van der Waals surface area contributed by atoms with Crippen LogP contribution in [0.1, 0.15) is 5.56 Å². The van der Waals surface area contributed by atoms with Crippen molar-refractivity contribution in [3.8, 4) is 0 Å². The normalized spacial score (nSPS) is 17.2. The van der Waals surface area contributed by atoms with Crippen molar-refractivity contribution in [3.05, 3.63) is 53.6 Å². The molecule has 112 valence electrons. The molecule has 0 aliphatic carbocycles. The minimum absolute atomic E-state index is 0.875. The lowest BCUT2D eigenvalue weighted by molar-refractivity contribution is 0.124. The van der Waals surface area contributed by atoms with Gasteiger partial charge in [-0.05, 0) is 11.6 Å². The highest BCUT2D eigenvalue weighted by molar-refractivity contribution is 6.31. The number of halogens is 1. The van der Waals surface area contributed by atoms with Gasteiger partial charge in [-0.1, -0.05) is 29.8 Å². The predicted octanol–water partition coefficient (Wildman–Crippen LogP) is 2.35. The average molecular weight is 305 g/mol. The summed E-state index contributed by atoms with van der Waals surface area (Å²) in [6.45, 7) is 7.53. The zero-order chi connectivity index (χ0) is 14.5. The van der Waals surface area contributed by atoms with Crippen LogP contribution in [0.25, 0.3) is 0 Å². The Hall–Kier alpha value is -1.36. The molecule has 0 amide bonds.